The summed E-state index contributed by atoms with van der Waals surface area (Å²) < 4.78 is 0. The lowest BCUT2D eigenvalue weighted by atomic mass is 10.1. The number of likely N-dealkylation sites (tertiary alicyclic amines) is 1. The summed E-state index contributed by atoms with van der Waals surface area (Å²) in [7, 11) is 0. The summed E-state index contributed by atoms with van der Waals surface area (Å²) in [4.78, 5) is 30.2. The van der Waals surface area contributed by atoms with Gasteiger partial charge < -0.3 is 14.7 Å². The van der Waals surface area contributed by atoms with Crippen molar-refractivity contribution in [3.8, 4) is 0 Å². The lowest BCUT2D eigenvalue weighted by Crippen LogP contribution is -2.49. The molecule has 0 atom stereocenters. The molecule has 26 heavy (non-hydrogen) atoms. The van der Waals surface area contributed by atoms with Crippen LogP contribution in [0.4, 0.5) is 11.8 Å². The first-order valence-corrected chi connectivity index (χ1v) is 10.1. The van der Waals surface area contributed by atoms with Gasteiger partial charge in [-0.1, -0.05) is 0 Å². The summed E-state index contributed by atoms with van der Waals surface area (Å²) in [6.45, 7) is 9.01. The van der Waals surface area contributed by atoms with Crippen molar-refractivity contribution in [1.29, 1.82) is 0 Å². The number of carbonyl (C=O) groups is 1. The lowest BCUT2D eigenvalue weighted by molar-refractivity contribution is -0.127. The molecule has 1 aromatic heterocycles. The fourth-order valence-corrected chi connectivity index (χ4v) is 4.16. The van der Waals surface area contributed by atoms with E-state index in [2.05, 4.69) is 19.7 Å². The first kappa shape index (κ1) is 17.5. The first-order valence-electron chi connectivity index (χ1n) is 10.1. The Morgan fingerprint density at radius 2 is 1.65 bits per heavy atom. The number of hydrogen-bond acceptors (Lipinski definition) is 6. The normalized spacial score (nSPS) is 22.3. The molecule has 0 N–H and O–H groups in total. The molecule has 0 aliphatic carbocycles. The Kier molecular flexibility index (Phi) is 5.53. The molecular formula is C19H30N6O. The molecule has 4 rings (SSSR count). The number of nitrogens with zero attached hydrogens (tertiary/aromatic N) is 6. The van der Waals surface area contributed by atoms with E-state index >= 15 is 0 Å². The smallest absolute Gasteiger partial charge is 0.227 e. The fraction of sp³-hybridized carbons (Fsp3) is 0.737. The van der Waals surface area contributed by atoms with Crippen LogP contribution in [-0.4, -0.2) is 84.6 Å². The molecule has 3 fully saturated rings. The van der Waals surface area contributed by atoms with Crippen molar-refractivity contribution in [3.63, 3.8) is 0 Å². The minimum absolute atomic E-state index is 0.329. The largest absolute Gasteiger partial charge is 0.354 e. The molecule has 142 valence electrons. The number of aromatic nitrogens is 2. The zero-order valence-electron chi connectivity index (χ0n) is 15.6. The molecule has 7 heteroatoms. The monoisotopic (exact) mass is 358 g/mol. The van der Waals surface area contributed by atoms with E-state index in [1.165, 1.54) is 19.3 Å². The molecule has 0 radical (unpaired) electrons. The predicted molar refractivity (Wildman–Crippen MR) is 103 cm³/mol. The number of rotatable bonds is 5. The highest BCUT2D eigenvalue weighted by molar-refractivity contribution is 5.78. The van der Waals surface area contributed by atoms with Crippen LogP contribution >= 0.6 is 0 Å². The van der Waals surface area contributed by atoms with Gasteiger partial charge in [0.15, 0.2) is 0 Å². The number of anilines is 2. The summed E-state index contributed by atoms with van der Waals surface area (Å²) in [5.41, 5.74) is 0. The van der Waals surface area contributed by atoms with Gasteiger partial charge in [0.05, 0.1) is 0 Å². The van der Waals surface area contributed by atoms with Crippen LogP contribution in [-0.2, 0) is 4.79 Å². The number of piperazine rings is 1. The number of amides is 1. The summed E-state index contributed by atoms with van der Waals surface area (Å²) >= 11 is 0. The lowest BCUT2D eigenvalue weighted by Gasteiger charge is -2.36. The van der Waals surface area contributed by atoms with E-state index in [9.17, 15) is 4.79 Å². The summed E-state index contributed by atoms with van der Waals surface area (Å²) in [6, 6.07) is 2.03. The Morgan fingerprint density at radius 1 is 0.846 bits per heavy atom. The van der Waals surface area contributed by atoms with Crippen LogP contribution in [0.25, 0.3) is 0 Å². The van der Waals surface area contributed by atoms with Gasteiger partial charge >= 0.3 is 0 Å². The van der Waals surface area contributed by atoms with E-state index in [1.807, 2.05) is 17.2 Å². The molecule has 3 aliphatic rings. The van der Waals surface area contributed by atoms with Gasteiger partial charge in [-0.05, 0) is 31.7 Å². The molecule has 0 saturated carbocycles. The van der Waals surface area contributed by atoms with E-state index in [0.29, 0.717) is 5.91 Å². The van der Waals surface area contributed by atoms with Crippen LogP contribution in [0.15, 0.2) is 12.3 Å². The Morgan fingerprint density at radius 3 is 2.38 bits per heavy atom. The molecule has 0 bridgehead atoms. The number of carbonyl (C=O) groups excluding carboxylic acids is 1. The maximum Gasteiger partial charge on any atom is 0.227 e. The SMILES string of the molecule is O=C1CCCN1CCN1CCN(c2ccnc(N3CCCCC3)n2)CC1. The van der Waals surface area contributed by atoms with E-state index in [4.69, 9.17) is 4.98 Å². The Bertz CT molecular complexity index is 610. The van der Waals surface area contributed by atoms with Crippen molar-refractivity contribution in [3.05, 3.63) is 12.3 Å². The van der Waals surface area contributed by atoms with Crippen LogP contribution in [0.3, 0.4) is 0 Å². The molecule has 0 spiro atoms. The van der Waals surface area contributed by atoms with Gasteiger partial charge in [-0.2, -0.15) is 4.98 Å². The van der Waals surface area contributed by atoms with Crippen molar-refractivity contribution in [2.75, 3.05) is 68.7 Å². The van der Waals surface area contributed by atoms with Crippen LogP contribution in [0, 0.1) is 0 Å². The zero-order valence-corrected chi connectivity index (χ0v) is 15.6. The van der Waals surface area contributed by atoms with Crippen LogP contribution in [0.5, 0.6) is 0 Å². The Balaban J connectivity index is 1.28. The zero-order chi connectivity index (χ0) is 17.8. The topological polar surface area (TPSA) is 55.8 Å². The maximum atomic E-state index is 11.7. The second-order valence-electron chi connectivity index (χ2n) is 7.58. The Hall–Kier alpha value is -1.89. The van der Waals surface area contributed by atoms with Crippen molar-refractivity contribution < 1.29 is 4.79 Å². The fourth-order valence-electron chi connectivity index (χ4n) is 4.16. The second kappa shape index (κ2) is 8.20. The number of hydrogen-bond donors (Lipinski definition) is 0. The molecule has 1 amide bonds. The molecule has 0 aromatic carbocycles. The van der Waals surface area contributed by atoms with Gasteiger partial charge in [0, 0.05) is 71.5 Å². The van der Waals surface area contributed by atoms with Crippen molar-refractivity contribution in [2.24, 2.45) is 0 Å². The third-order valence-corrected chi connectivity index (χ3v) is 5.82. The van der Waals surface area contributed by atoms with Crippen molar-refractivity contribution in [2.45, 2.75) is 32.1 Å². The van der Waals surface area contributed by atoms with E-state index in [1.54, 1.807) is 0 Å². The van der Waals surface area contributed by atoms with E-state index in [0.717, 1.165) is 83.5 Å². The van der Waals surface area contributed by atoms with Crippen molar-refractivity contribution >= 4 is 17.7 Å². The highest BCUT2D eigenvalue weighted by Gasteiger charge is 2.23. The first-order chi connectivity index (χ1) is 12.8. The van der Waals surface area contributed by atoms with Gasteiger partial charge in [0.25, 0.3) is 0 Å². The standard InChI is InChI=1S/C19H30N6O/c26-18-5-4-10-24(18)16-13-22-11-14-23(15-12-22)17-6-7-20-19(21-17)25-8-2-1-3-9-25/h6-7H,1-5,8-16H2. The van der Waals surface area contributed by atoms with Gasteiger partial charge in [-0.3, -0.25) is 9.69 Å². The average molecular weight is 358 g/mol. The van der Waals surface area contributed by atoms with Gasteiger partial charge in [0.2, 0.25) is 11.9 Å². The number of piperidine rings is 1. The summed E-state index contributed by atoms with van der Waals surface area (Å²) in [6.07, 6.45) is 7.47. The highest BCUT2D eigenvalue weighted by Crippen LogP contribution is 2.20. The quantitative estimate of drug-likeness (QED) is 0.789. The third-order valence-electron chi connectivity index (χ3n) is 5.82. The van der Waals surface area contributed by atoms with E-state index in [-0.39, 0.29) is 0 Å². The molecular weight excluding hydrogens is 328 g/mol. The van der Waals surface area contributed by atoms with Gasteiger partial charge in [-0.15, -0.1) is 0 Å². The second-order valence-corrected chi connectivity index (χ2v) is 7.58. The average Bonchev–Trinajstić information content (AvgIpc) is 3.12. The maximum absolute atomic E-state index is 11.7. The molecule has 7 nitrogen and oxygen atoms in total. The Labute approximate surface area is 156 Å². The minimum Gasteiger partial charge on any atom is -0.354 e. The van der Waals surface area contributed by atoms with Crippen LogP contribution < -0.4 is 9.80 Å². The van der Waals surface area contributed by atoms with Gasteiger partial charge in [0.1, 0.15) is 5.82 Å². The molecule has 1 aromatic rings. The van der Waals surface area contributed by atoms with E-state index < -0.39 is 0 Å². The molecule has 0 unspecified atom stereocenters. The molecule has 3 saturated heterocycles. The molecule has 4 heterocycles. The van der Waals surface area contributed by atoms with Crippen LogP contribution in [0.2, 0.25) is 0 Å². The predicted octanol–water partition coefficient (Wildman–Crippen LogP) is 1.21. The molecule has 3 aliphatic heterocycles. The van der Waals surface area contributed by atoms with Crippen LogP contribution in [0.1, 0.15) is 32.1 Å². The van der Waals surface area contributed by atoms with Gasteiger partial charge in [-0.25, -0.2) is 4.98 Å². The van der Waals surface area contributed by atoms with Crippen molar-refractivity contribution in [1.82, 2.24) is 19.8 Å². The highest BCUT2D eigenvalue weighted by atomic mass is 16.2. The third kappa shape index (κ3) is 4.09. The summed E-state index contributed by atoms with van der Waals surface area (Å²) in [5, 5.41) is 0. The summed E-state index contributed by atoms with van der Waals surface area (Å²) in [5.74, 6) is 2.27. The minimum atomic E-state index is 0.329.